The summed E-state index contributed by atoms with van der Waals surface area (Å²) in [7, 11) is 0. The van der Waals surface area contributed by atoms with Crippen LogP contribution >= 0.6 is 0 Å². The largest absolute Gasteiger partial charge is 0.456 e. The van der Waals surface area contributed by atoms with Crippen molar-refractivity contribution in [3.8, 4) is 0 Å². The predicted molar refractivity (Wildman–Crippen MR) is 90.3 cm³/mol. The molecule has 2 rings (SSSR count). The molecular weight excluding hydrogens is 312 g/mol. The fourth-order valence-electron chi connectivity index (χ4n) is 2.40. The highest BCUT2D eigenvalue weighted by atomic mass is 16.6. The zero-order chi connectivity index (χ0) is 18.1. The summed E-state index contributed by atoms with van der Waals surface area (Å²) in [6.07, 6.45) is 2.25. The van der Waals surface area contributed by atoms with E-state index in [0.717, 1.165) is 6.42 Å². The molecule has 1 aromatic heterocycles. The second-order valence-corrected chi connectivity index (χ2v) is 6.53. The SMILES string of the molecule is CCCn1cc(C(=O)OC(C)(C)C)c(=O)c2cc([N+](=O)[O-])ccc21. The normalized spacial score (nSPS) is 11.5. The molecule has 24 heavy (non-hydrogen) atoms. The van der Waals surface area contributed by atoms with E-state index in [-0.39, 0.29) is 16.6 Å². The van der Waals surface area contributed by atoms with E-state index < -0.39 is 21.9 Å². The number of ether oxygens (including phenoxy) is 1. The van der Waals surface area contributed by atoms with Crippen LogP contribution in [0.5, 0.6) is 0 Å². The van der Waals surface area contributed by atoms with Gasteiger partial charge in [0.25, 0.3) is 5.69 Å². The fraction of sp³-hybridized carbons (Fsp3) is 0.412. The predicted octanol–water partition coefficient (Wildman–Crippen LogP) is 3.28. The molecule has 0 radical (unpaired) electrons. The lowest BCUT2D eigenvalue weighted by atomic mass is 10.1. The van der Waals surface area contributed by atoms with Crippen LogP contribution in [0.4, 0.5) is 5.69 Å². The molecular formula is C17H20N2O5. The number of carbonyl (C=O) groups is 1. The van der Waals surface area contributed by atoms with Crippen molar-refractivity contribution >= 4 is 22.6 Å². The van der Waals surface area contributed by atoms with Gasteiger partial charge in [-0.1, -0.05) is 6.92 Å². The minimum atomic E-state index is -0.739. The number of fused-ring (bicyclic) bond motifs is 1. The standard InChI is InChI=1S/C17H20N2O5/c1-5-8-18-10-13(16(21)24-17(2,3)4)15(20)12-9-11(19(22)23)6-7-14(12)18/h6-7,9-10H,5,8H2,1-4H3. The fourth-order valence-corrected chi connectivity index (χ4v) is 2.40. The van der Waals surface area contributed by atoms with E-state index in [4.69, 9.17) is 4.74 Å². The lowest BCUT2D eigenvalue weighted by Gasteiger charge is -2.20. The Bertz CT molecular complexity index is 862. The first-order valence-corrected chi connectivity index (χ1v) is 7.69. The van der Waals surface area contributed by atoms with Gasteiger partial charge in [0.05, 0.1) is 15.8 Å². The number of aryl methyl sites for hydroxylation is 1. The van der Waals surface area contributed by atoms with Crippen LogP contribution in [0.25, 0.3) is 10.9 Å². The van der Waals surface area contributed by atoms with Gasteiger partial charge in [0.2, 0.25) is 5.43 Å². The molecule has 0 saturated heterocycles. The van der Waals surface area contributed by atoms with Gasteiger partial charge < -0.3 is 9.30 Å². The van der Waals surface area contributed by atoms with Crippen molar-refractivity contribution < 1.29 is 14.5 Å². The molecule has 1 heterocycles. The third-order valence-electron chi connectivity index (χ3n) is 3.36. The highest BCUT2D eigenvalue weighted by Crippen LogP contribution is 2.20. The maximum atomic E-state index is 12.7. The van der Waals surface area contributed by atoms with Crippen LogP contribution in [-0.2, 0) is 11.3 Å². The summed E-state index contributed by atoms with van der Waals surface area (Å²) in [5.74, 6) is -0.731. The van der Waals surface area contributed by atoms with Gasteiger partial charge in [-0.2, -0.15) is 0 Å². The first-order chi connectivity index (χ1) is 11.1. The lowest BCUT2D eigenvalue weighted by molar-refractivity contribution is -0.384. The Balaban J connectivity index is 2.72. The number of benzene rings is 1. The van der Waals surface area contributed by atoms with Crippen molar-refractivity contribution in [2.45, 2.75) is 46.3 Å². The maximum absolute atomic E-state index is 12.7. The van der Waals surface area contributed by atoms with Crippen LogP contribution in [0.1, 0.15) is 44.5 Å². The number of nitro groups is 1. The number of pyridine rings is 1. The van der Waals surface area contributed by atoms with E-state index >= 15 is 0 Å². The Kier molecular flexibility index (Phi) is 4.73. The Morgan fingerprint density at radius 2 is 2.00 bits per heavy atom. The molecule has 2 aromatic rings. The zero-order valence-corrected chi connectivity index (χ0v) is 14.2. The summed E-state index contributed by atoms with van der Waals surface area (Å²) in [6.45, 7) is 7.66. The van der Waals surface area contributed by atoms with Gasteiger partial charge in [-0.3, -0.25) is 14.9 Å². The van der Waals surface area contributed by atoms with Crippen molar-refractivity contribution in [3.05, 3.63) is 50.3 Å². The average molecular weight is 332 g/mol. The third-order valence-corrected chi connectivity index (χ3v) is 3.36. The second-order valence-electron chi connectivity index (χ2n) is 6.53. The maximum Gasteiger partial charge on any atom is 0.344 e. The van der Waals surface area contributed by atoms with E-state index in [0.29, 0.717) is 12.1 Å². The molecule has 7 heteroatoms. The van der Waals surface area contributed by atoms with E-state index in [9.17, 15) is 19.7 Å². The summed E-state index contributed by atoms with van der Waals surface area (Å²) in [4.78, 5) is 35.4. The molecule has 0 atom stereocenters. The Labute approximate surface area is 139 Å². The Morgan fingerprint density at radius 1 is 1.33 bits per heavy atom. The molecule has 0 fully saturated rings. The van der Waals surface area contributed by atoms with Crippen molar-refractivity contribution in [3.63, 3.8) is 0 Å². The van der Waals surface area contributed by atoms with Gasteiger partial charge in [-0.15, -0.1) is 0 Å². The first kappa shape index (κ1) is 17.7. The summed E-state index contributed by atoms with van der Waals surface area (Å²) in [5, 5.41) is 11.1. The third kappa shape index (κ3) is 3.61. The van der Waals surface area contributed by atoms with Gasteiger partial charge in [-0.25, -0.2) is 4.79 Å². The Morgan fingerprint density at radius 3 is 2.54 bits per heavy atom. The number of nitrogens with zero attached hydrogens (tertiary/aromatic N) is 2. The smallest absolute Gasteiger partial charge is 0.344 e. The highest BCUT2D eigenvalue weighted by molar-refractivity contribution is 5.94. The average Bonchev–Trinajstić information content (AvgIpc) is 2.47. The molecule has 0 unspecified atom stereocenters. The highest BCUT2D eigenvalue weighted by Gasteiger charge is 2.23. The molecule has 0 aliphatic carbocycles. The molecule has 0 aliphatic heterocycles. The van der Waals surface area contributed by atoms with Crippen LogP contribution in [0, 0.1) is 10.1 Å². The molecule has 7 nitrogen and oxygen atoms in total. The van der Waals surface area contributed by atoms with Crippen LogP contribution in [-0.4, -0.2) is 21.1 Å². The number of hydrogen-bond donors (Lipinski definition) is 0. The molecule has 0 spiro atoms. The minimum Gasteiger partial charge on any atom is -0.456 e. The van der Waals surface area contributed by atoms with Gasteiger partial charge in [-0.05, 0) is 33.3 Å². The van der Waals surface area contributed by atoms with Crippen molar-refractivity contribution in [2.75, 3.05) is 0 Å². The molecule has 0 N–H and O–H groups in total. The van der Waals surface area contributed by atoms with Crippen LogP contribution in [0.2, 0.25) is 0 Å². The van der Waals surface area contributed by atoms with Crippen molar-refractivity contribution in [2.24, 2.45) is 0 Å². The number of aromatic nitrogens is 1. The van der Waals surface area contributed by atoms with Crippen LogP contribution < -0.4 is 5.43 Å². The quantitative estimate of drug-likeness (QED) is 0.487. The van der Waals surface area contributed by atoms with E-state index in [2.05, 4.69) is 0 Å². The Hall–Kier alpha value is -2.70. The van der Waals surface area contributed by atoms with E-state index in [1.165, 1.54) is 24.4 Å². The number of carbonyl (C=O) groups excluding carboxylic acids is 1. The topological polar surface area (TPSA) is 91.4 Å². The molecule has 0 bridgehead atoms. The number of rotatable bonds is 4. The summed E-state index contributed by atoms with van der Waals surface area (Å²) < 4.78 is 7.03. The number of hydrogen-bond acceptors (Lipinski definition) is 5. The first-order valence-electron chi connectivity index (χ1n) is 7.69. The molecule has 128 valence electrons. The summed E-state index contributed by atoms with van der Waals surface area (Å²) in [5.41, 5.74) is -1.05. The molecule has 1 aromatic carbocycles. The monoisotopic (exact) mass is 332 g/mol. The summed E-state index contributed by atoms with van der Waals surface area (Å²) in [6, 6.07) is 4.09. The van der Waals surface area contributed by atoms with Crippen LogP contribution in [0.15, 0.2) is 29.2 Å². The number of esters is 1. The second kappa shape index (κ2) is 6.43. The number of nitro benzene ring substituents is 1. The van der Waals surface area contributed by atoms with Gasteiger partial charge in [0, 0.05) is 24.9 Å². The summed E-state index contributed by atoms with van der Waals surface area (Å²) >= 11 is 0. The zero-order valence-electron chi connectivity index (χ0n) is 14.2. The minimum absolute atomic E-state index is 0.119. The molecule has 0 aliphatic rings. The number of non-ortho nitro benzene ring substituents is 1. The van der Waals surface area contributed by atoms with E-state index in [1.807, 2.05) is 6.92 Å². The molecule has 0 saturated carbocycles. The van der Waals surface area contributed by atoms with E-state index in [1.54, 1.807) is 25.3 Å². The van der Waals surface area contributed by atoms with Gasteiger partial charge in [0.1, 0.15) is 11.2 Å². The van der Waals surface area contributed by atoms with Crippen molar-refractivity contribution in [1.82, 2.24) is 4.57 Å². The van der Waals surface area contributed by atoms with Gasteiger partial charge in [0.15, 0.2) is 0 Å². The van der Waals surface area contributed by atoms with Crippen LogP contribution in [0.3, 0.4) is 0 Å². The molecule has 0 amide bonds. The van der Waals surface area contributed by atoms with Gasteiger partial charge >= 0.3 is 5.97 Å². The van der Waals surface area contributed by atoms with Crippen molar-refractivity contribution in [1.29, 1.82) is 0 Å². The lowest BCUT2D eigenvalue weighted by Crippen LogP contribution is -2.28.